The minimum absolute atomic E-state index is 0.0553. The maximum absolute atomic E-state index is 12.8. The SMILES string of the molecule is COc1cccc(C(CNC(=O)Cc2csc(-c3ccc(C(F)(F)F)cc3)n2)N2CCCC2)c1. The van der Waals surface area contributed by atoms with Crippen molar-refractivity contribution in [2.24, 2.45) is 0 Å². The Kier molecular flexibility index (Phi) is 7.53. The van der Waals surface area contributed by atoms with E-state index in [1.54, 1.807) is 12.5 Å². The normalized spacial score (nSPS) is 15.3. The number of methoxy groups -OCH3 is 1. The monoisotopic (exact) mass is 489 g/mol. The van der Waals surface area contributed by atoms with Crippen LogP contribution in [-0.2, 0) is 17.4 Å². The van der Waals surface area contributed by atoms with Crippen LogP contribution in [-0.4, -0.2) is 42.5 Å². The molecule has 0 radical (unpaired) electrons. The number of carbonyl (C=O) groups excluding carboxylic acids is 1. The predicted octanol–water partition coefficient (Wildman–Crippen LogP) is 5.33. The van der Waals surface area contributed by atoms with Crippen LogP contribution < -0.4 is 10.1 Å². The summed E-state index contributed by atoms with van der Waals surface area (Å²) < 4.78 is 43.7. The number of alkyl halides is 3. The molecule has 1 aromatic heterocycles. The number of nitrogens with one attached hydrogen (secondary N) is 1. The van der Waals surface area contributed by atoms with E-state index in [1.807, 2.05) is 18.2 Å². The fraction of sp³-hybridized carbons (Fsp3) is 0.360. The second kappa shape index (κ2) is 10.6. The van der Waals surface area contributed by atoms with Crippen molar-refractivity contribution in [3.05, 3.63) is 70.7 Å². The van der Waals surface area contributed by atoms with Crippen molar-refractivity contribution in [2.75, 3.05) is 26.7 Å². The van der Waals surface area contributed by atoms with E-state index < -0.39 is 11.7 Å². The Morgan fingerprint density at radius 2 is 1.91 bits per heavy atom. The van der Waals surface area contributed by atoms with Crippen LogP contribution in [0, 0.1) is 0 Å². The van der Waals surface area contributed by atoms with Crippen molar-refractivity contribution >= 4 is 17.2 Å². The molecule has 1 aliphatic heterocycles. The summed E-state index contributed by atoms with van der Waals surface area (Å²) in [4.78, 5) is 19.5. The highest BCUT2D eigenvalue weighted by Crippen LogP contribution is 2.32. The zero-order chi connectivity index (χ0) is 24.1. The highest BCUT2D eigenvalue weighted by molar-refractivity contribution is 7.13. The Morgan fingerprint density at radius 3 is 2.59 bits per heavy atom. The van der Waals surface area contributed by atoms with Gasteiger partial charge in [0.2, 0.25) is 5.91 Å². The van der Waals surface area contributed by atoms with Gasteiger partial charge in [-0.25, -0.2) is 4.98 Å². The first kappa shape index (κ1) is 24.2. The van der Waals surface area contributed by atoms with E-state index >= 15 is 0 Å². The molecule has 2 heterocycles. The number of carbonyl (C=O) groups is 1. The summed E-state index contributed by atoms with van der Waals surface area (Å²) in [6.07, 6.45) is -1.98. The van der Waals surface area contributed by atoms with Crippen molar-refractivity contribution in [2.45, 2.75) is 31.5 Å². The molecule has 2 aromatic carbocycles. The van der Waals surface area contributed by atoms with Gasteiger partial charge in [-0.15, -0.1) is 11.3 Å². The molecule has 5 nitrogen and oxygen atoms in total. The summed E-state index contributed by atoms with van der Waals surface area (Å²) in [6.45, 7) is 2.45. The van der Waals surface area contributed by atoms with Gasteiger partial charge in [0.15, 0.2) is 0 Å². The van der Waals surface area contributed by atoms with E-state index in [0.29, 0.717) is 22.8 Å². The van der Waals surface area contributed by atoms with Gasteiger partial charge in [-0.05, 0) is 55.8 Å². The minimum atomic E-state index is -4.37. The topological polar surface area (TPSA) is 54.5 Å². The summed E-state index contributed by atoms with van der Waals surface area (Å²) >= 11 is 1.31. The zero-order valence-corrected chi connectivity index (χ0v) is 19.6. The molecule has 3 aromatic rings. The van der Waals surface area contributed by atoms with E-state index in [0.717, 1.165) is 49.4 Å². The third-order valence-corrected chi connectivity index (χ3v) is 6.85. The van der Waals surface area contributed by atoms with Crippen LogP contribution in [0.5, 0.6) is 5.75 Å². The lowest BCUT2D eigenvalue weighted by Crippen LogP contribution is -2.37. The maximum atomic E-state index is 12.8. The Labute approximate surface area is 200 Å². The Balaban J connectivity index is 1.38. The number of halogens is 3. The number of rotatable bonds is 8. The van der Waals surface area contributed by atoms with E-state index in [-0.39, 0.29) is 18.4 Å². The average molecular weight is 490 g/mol. The van der Waals surface area contributed by atoms with E-state index in [1.165, 1.54) is 23.5 Å². The third kappa shape index (κ3) is 5.95. The molecule has 0 bridgehead atoms. The zero-order valence-electron chi connectivity index (χ0n) is 18.8. The van der Waals surface area contributed by atoms with E-state index in [4.69, 9.17) is 4.74 Å². The molecule has 1 amide bonds. The van der Waals surface area contributed by atoms with Crippen LogP contribution in [0.3, 0.4) is 0 Å². The van der Waals surface area contributed by atoms with Gasteiger partial charge >= 0.3 is 6.18 Å². The molecule has 0 saturated carbocycles. The second-order valence-electron chi connectivity index (χ2n) is 8.24. The molecule has 1 aliphatic rings. The molecule has 34 heavy (non-hydrogen) atoms. The predicted molar refractivity (Wildman–Crippen MR) is 126 cm³/mol. The number of aromatic nitrogens is 1. The number of thiazole rings is 1. The molecule has 9 heteroatoms. The highest BCUT2D eigenvalue weighted by Gasteiger charge is 2.30. The number of amides is 1. The van der Waals surface area contributed by atoms with E-state index in [2.05, 4.69) is 21.3 Å². The van der Waals surface area contributed by atoms with Gasteiger partial charge < -0.3 is 10.1 Å². The maximum Gasteiger partial charge on any atom is 0.416 e. The number of nitrogens with zero attached hydrogens (tertiary/aromatic N) is 2. The molecule has 4 rings (SSSR count). The van der Waals surface area contributed by atoms with E-state index in [9.17, 15) is 18.0 Å². The molecule has 1 atom stereocenters. The molecule has 1 N–H and O–H groups in total. The first-order valence-corrected chi connectivity index (χ1v) is 12.0. The molecule has 1 unspecified atom stereocenters. The third-order valence-electron chi connectivity index (χ3n) is 5.91. The standard InChI is InChI=1S/C25H26F3N3O2S/c1-33-21-6-4-5-18(13-21)22(31-11-2-3-12-31)15-29-23(32)14-20-16-34-24(30-20)17-7-9-19(10-8-17)25(26,27)28/h4-10,13,16,22H,2-3,11-12,14-15H2,1H3,(H,29,32). The van der Waals surface area contributed by atoms with Crippen molar-refractivity contribution < 1.29 is 22.7 Å². The summed E-state index contributed by atoms with van der Waals surface area (Å²) in [5.41, 5.74) is 1.59. The molecular formula is C25H26F3N3O2S. The number of hydrogen-bond donors (Lipinski definition) is 1. The second-order valence-corrected chi connectivity index (χ2v) is 9.09. The molecule has 180 valence electrons. The lowest BCUT2D eigenvalue weighted by atomic mass is 10.0. The lowest BCUT2D eigenvalue weighted by Gasteiger charge is -2.28. The number of hydrogen-bond acceptors (Lipinski definition) is 5. The number of likely N-dealkylation sites (tertiary alicyclic amines) is 1. The molecular weight excluding hydrogens is 463 g/mol. The van der Waals surface area contributed by atoms with Crippen LogP contribution in [0.2, 0.25) is 0 Å². The average Bonchev–Trinajstić information content (AvgIpc) is 3.52. The van der Waals surface area contributed by atoms with Crippen LogP contribution in [0.1, 0.15) is 35.7 Å². The first-order chi connectivity index (χ1) is 16.3. The van der Waals surface area contributed by atoms with Gasteiger partial charge in [-0.3, -0.25) is 9.69 Å². The van der Waals surface area contributed by atoms with Gasteiger partial charge in [0.25, 0.3) is 0 Å². The Bertz CT molecular complexity index is 1110. The minimum Gasteiger partial charge on any atom is -0.497 e. The summed E-state index contributed by atoms with van der Waals surface area (Å²) in [6, 6.07) is 12.9. The quantitative estimate of drug-likeness (QED) is 0.465. The van der Waals surface area contributed by atoms with Crippen molar-refractivity contribution in [1.82, 2.24) is 15.2 Å². The van der Waals surface area contributed by atoms with Crippen molar-refractivity contribution in [3.8, 4) is 16.3 Å². The smallest absolute Gasteiger partial charge is 0.416 e. The number of ether oxygens (including phenoxy) is 1. The van der Waals surface area contributed by atoms with Gasteiger partial charge in [-0.2, -0.15) is 13.2 Å². The fourth-order valence-corrected chi connectivity index (χ4v) is 4.95. The van der Waals surface area contributed by atoms with Crippen molar-refractivity contribution in [3.63, 3.8) is 0 Å². The molecule has 0 spiro atoms. The van der Waals surface area contributed by atoms with Crippen LogP contribution in [0.4, 0.5) is 13.2 Å². The molecule has 1 fully saturated rings. The lowest BCUT2D eigenvalue weighted by molar-refractivity contribution is -0.137. The van der Waals surface area contributed by atoms with Gasteiger partial charge in [0.05, 0.1) is 30.8 Å². The van der Waals surface area contributed by atoms with Crippen LogP contribution in [0.15, 0.2) is 53.9 Å². The summed E-state index contributed by atoms with van der Waals surface area (Å²) in [5.74, 6) is 0.641. The summed E-state index contributed by atoms with van der Waals surface area (Å²) in [7, 11) is 1.64. The van der Waals surface area contributed by atoms with Crippen molar-refractivity contribution in [1.29, 1.82) is 0 Å². The fourth-order valence-electron chi connectivity index (χ4n) is 4.12. The van der Waals surface area contributed by atoms with Crippen LogP contribution in [0.25, 0.3) is 10.6 Å². The molecule has 1 saturated heterocycles. The largest absolute Gasteiger partial charge is 0.497 e. The Hall–Kier alpha value is -2.91. The number of benzene rings is 2. The first-order valence-electron chi connectivity index (χ1n) is 11.1. The molecule has 0 aliphatic carbocycles. The van der Waals surface area contributed by atoms with Gasteiger partial charge in [0.1, 0.15) is 10.8 Å². The van der Waals surface area contributed by atoms with Gasteiger partial charge in [-0.1, -0.05) is 24.3 Å². The highest BCUT2D eigenvalue weighted by atomic mass is 32.1. The van der Waals surface area contributed by atoms with Crippen LogP contribution >= 0.6 is 11.3 Å². The summed E-state index contributed by atoms with van der Waals surface area (Å²) in [5, 5.41) is 5.39. The van der Waals surface area contributed by atoms with Gasteiger partial charge in [0, 0.05) is 17.5 Å². The Morgan fingerprint density at radius 1 is 1.18 bits per heavy atom.